The van der Waals surface area contributed by atoms with Crippen molar-refractivity contribution in [1.29, 1.82) is 0 Å². The lowest BCUT2D eigenvalue weighted by atomic mass is 10.0. The zero-order valence-electron chi connectivity index (χ0n) is 18.5. The van der Waals surface area contributed by atoms with Crippen molar-refractivity contribution in [1.82, 2.24) is 16.0 Å². The average molecular weight is 477 g/mol. The number of carbonyl (C=O) groups excluding carboxylic acids is 4. The number of hydrogen-bond donors (Lipinski definition) is 8. The van der Waals surface area contributed by atoms with Crippen LogP contribution < -0.4 is 33.2 Å². The molecule has 0 aromatic heterocycles. The smallest absolute Gasteiger partial charge is 0.327 e. The summed E-state index contributed by atoms with van der Waals surface area (Å²) in [6.45, 7) is 4.12. The van der Waals surface area contributed by atoms with Crippen molar-refractivity contribution in [2.75, 3.05) is 12.3 Å². The van der Waals surface area contributed by atoms with Crippen LogP contribution in [-0.2, 0) is 24.0 Å². The van der Waals surface area contributed by atoms with Gasteiger partial charge in [-0.3, -0.25) is 19.2 Å². The number of carboxylic acid groups (broad SMARTS) is 1. The molecule has 184 valence electrons. The number of hydrogen-bond acceptors (Lipinski definition) is 8. The minimum atomic E-state index is -1.34. The van der Waals surface area contributed by atoms with Crippen molar-refractivity contribution in [2.45, 2.75) is 70.1 Å². The van der Waals surface area contributed by atoms with E-state index in [9.17, 15) is 24.0 Å². The van der Waals surface area contributed by atoms with Gasteiger partial charge in [0, 0.05) is 5.75 Å². The van der Waals surface area contributed by atoms with Crippen molar-refractivity contribution in [3.63, 3.8) is 0 Å². The second-order valence-corrected chi connectivity index (χ2v) is 8.26. The van der Waals surface area contributed by atoms with Gasteiger partial charge in [-0.15, -0.1) is 0 Å². The molecule has 0 aliphatic rings. The highest BCUT2D eigenvalue weighted by molar-refractivity contribution is 7.80. The maximum absolute atomic E-state index is 12.8. The molecule has 10 N–H and O–H groups in total. The van der Waals surface area contributed by atoms with Gasteiger partial charge in [0.2, 0.25) is 23.6 Å². The minimum absolute atomic E-state index is 0.129. The molecule has 12 nitrogen and oxygen atoms in total. The van der Waals surface area contributed by atoms with Gasteiger partial charge in [-0.1, -0.05) is 13.8 Å². The van der Waals surface area contributed by atoms with E-state index in [-0.39, 0.29) is 18.1 Å². The predicted molar refractivity (Wildman–Crippen MR) is 121 cm³/mol. The van der Waals surface area contributed by atoms with Crippen LogP contribution in [0.2, 0.25) is 0 Å². The molecular weight excluding hydrogens is 440 g/mol. The Morgan fingerprint density at radius 2 is 1.44 bits per heavy atom. The number of thiol groups is 1. The van der Waals surface area contributed by atoms with E-state index in [1.165, 1.54) is 0 Å². The predicted octanol–water partition coefficient (Wildman–Crippen LogP) is -2.17. The number of carbonyl (C=O) groups is 5. The molecule has 0 radical (unpaired) electrons. The first-order valence-electron chi connectivity index (χ1n) is 10.4. The topological polar surface area (TPSA) is 220 Å². The molecule has 0 rings (SSSR count). The number of nitrogens with one attached hydrogen (secondary N) is 3. The number of primary amides is 1. The van der Waals surface area contributed by atoms with E-state index < -0.39 is 60.2 Å². The maximum atomic E-state index is 12.8. The molecule has 4 amide bonds. The number of aliphatic carboxylic acids is 1. The summed E-state index contributed by atoms with van der Waals surface area (Å²) in [6, 6.07) is -4.61. The van der Waals surface area contributed by atoms with Crippen LogP contribution >= 0.6 is 12.6 Å². The van der Waals surface area contributed by atoms with Crippen LogP contribution in [0.3, 0.4) is 0 Å². The summed E-state index contributed by atoms with van der Waals surface area (Å²) in [5.41, 5.74) is 16.5. The van der Waals surface area contributed by atoms with Gasteiger partial charge in [0.25, 0.3) is 0 Å². The molecule has 0 saturated heterocycles. The number of carboxylic acids is 1. The summed E-state index contributed by atoms with van der Waals surface area (Å²) in [5.74, 6) is -4.34. The third kappa shape index (κ3) is 11.9. The third-order valence-corrected chi connectivity index (χ3v) is 4.84. The Kier molecular flexibility index (Phi) is 14.3. The Morgan fingerprint density at radius 1 is 0.906 bits per heavy atom. The van der Waals surface area contributed by atoms with Gasteiger partial charge < -0.3 is 38.3 Å². The summed E-state index contributed by atoms with van der Waals surface area (Å²) >= 11 is 3.89. The largest absolute Gasteiger partial charge is 0.480 e. The highest BCUT2D eigenvalue weighted by atomic mass is 32.1. The Balaban J connectivity index is 5.42. The van der Waals surface area contributed by atoms with Gasteiger partial charge in [0.1, 0.15) is 18.1 Å². The Morgan fingerprint density at radius 3 is 1.91 bits per heavy atom. The van der Waals surface area contributed by atoms with Crippen LogP contribution in [0.1, 0.15) is 46.0 Å². The first kappa shape index (κ1) is 29.6. The fourth-order valence-electron chi connectivity index (χ4n) is 2.80. The molecule has 0 saturated carbocycles. The third-order valence-electron chi connectivity index (χ3n) is 4.48. The number of rotatable bonds is 16. The van der Waals surface area contributed by atoms with E-state index in [4.69, 9.17) is 22.3 Å². The minimum Gasteiger partial charge on any atom is -0.480 e. The van der Waals surface area contributed by atoms with Crippen LogP contribution in [0.15, 0.2) is 0 Å². The molecule has 0 bridgehead atoms. The highest BCUT2D eigenvalue weighted by Crippen LogP contribution is 2.06. The van der Waals surface area contributed by atoms with Crippen molar-refractivity contribution < 1.29 is 29.1 Å². The van der Waals surface area contributed by atoms with Crippen molar-refractivity contribution in [3.05, 3.63) is 0 Å². The van der Waals surface area contributed by atoms with E-state index in [2.05, 4.69) is 28.6 Å². The maximum Gasteiger partial charge on any atom is 0.327 e. The van der Waals surface area contributed by atoms with Crippen molar-refractivity contribution in [3.8, 4) is 0 Å². The average Bonchev–Trinajstić information content (AvgIpc) is 2.69. The first-order chi connectivity index (χ1) is 14.9. The molecule has 0 heterocycles. The second kappa shape index (κ2) is 15.4. The van der Waals surface area contributed by atoms with Crippen molar-refractivity contribution >= 4 is 42.2 Å². The lowest BCUT2D eigenvalue weighted by molar-refractivity contribution is -0.141. The number of amides is 4. The molecule has 0 spiro atoms. The number of nitrogens with two attached hydrogens (primary N) is 3. The van der Waals surface area contributed by atoms with Crippen LogP contribution in [0.4, 0.5) is 0 Å². The summed E-state index contributed by atoms with van der Waals surface area (Å²) in [5, 5.41) is 16.3. The highest BCUT2D eigenvalue weighted by Gasteiger charge is 2.30. The second-order valence-electron chi connectivity index (χ2n) is 7.90. The van der Waals surface area contributed by atoms with E-state index >= 15 is 0 Å². The zero-order valence-corrected chi connectivity index (χ0v) is 19.4. The normalized spacial score (nSPS) is 14.7. The molecule has 0 aromatic rings. The lowest BCUT2D eigenvalue weighted by Gasteiger charge is -2.25. The fourth-order valence-corrected chi connectivity index (χ4v) is 3.04. The number of unbranched alkanes of at least 4 members (excludes halogenated alkanes) is 1. The molecule has 0 aromatic carbocycles. The Hall–Kier alpha value is -2.38. The van der Waals surface area contributed by atoms with Gasteiger partial charge >= 0.3 is 5.97 Å². The molecule has 4 atom stereocenters. The van der Waals surface area contributed by atoms with E-state index in [0.717, 1.165) is 0 Å². The van der Waals surface area contributed by atoms with Gasteiger partial charge in [-0.25, -0.2) is 4.79 Å². The summed E-state index contributed by atoms with van der Waals surface area (Å²) < 4.78 is 0. The summed E-state index contributed by atoms with van der Waals surface area (Å²) in [7, 11) is 0. The Bertz CT molecular complexity index is 662. The van der Waals surface area contributed by atoms with E-state index in [1.807, 2.05) is 13.8 Å². The van der Waals surface area contributed by atoms with Gasteiger partial charge in [-0.2, -0.15) is 12.6 Å². The molecule has 13 heteroatoms. The molecule has 0 aliphatic heterocycles. The quantitative estimate of drug-likeness (QED) is 0.0902. The van der Waals surface area contributed by atoms with Crippen LogP contribution in [0.5, 0.6) is 0 Å². The van der Waals surface area contributed by atoms with Crippen LogP contribution in [0, 0.1) is 5.92 Å². The fraction of sp³-hybridized carbons (Fsp3) is 0.737. The van der Waals surface area contributed by atoms with Crippen LogP contribution in [-0.4, -0.2) is 71.2 Å². The molecule has 0 aliphatic carbocycles. The Labute approximate surface area is 193 Å². The monoisotopic (exact) mass is 476 g/mol. The molecule has 0 fully saturated rings. The standard InChI is InChI=1S/C19H36N6O6S/c1-10(2)7-11(21)16(27)24-13(8-15(22)26)18(29)23-12(5-3-4-6-20)17(28)25-14(9-32)19(30)31/h10-14,32H,3-9,20-21H2,1-2H3,(H2,22,26)(H,23,29)(H,24,27)(H,25,28)(H,30,31). The SMILES string of the molecule is CC(C)CC(N)C(=O)NC(CC(N)=O)C(=O)NC(CCCCN)C(=O)NC(CS)C(=O)O. The lowest BCUT2D eigenvalue weighted by Crippen LogP contribution is -2.58. The van der Waals surface area contributed by atoms with E-state index in [0.29, 0.717) is 25.8 Å². The van der Waals surface area contributed by atoms with Gasteiger partial charge in [0.05, 0.1) is 12.5 Å². The summed E-state index contributed by atoms with van der Waals surface area (Å²) in [6.07, 6.45) is 1.07. The molecule has 4 unspecified atom stereocenters. The van der Waals surface area contributed by atoms with Crippen LogP contribution in [0.25, 0.3) is 0 Å². The summed E-state index contributed by atoms with van der Waals surface area (Å²) in [4.78, 5) is 60.3. The molecular formula is C19H36N6O6S. The molecule has 32 heavy (non-hydrogen) atoms. The van der Waals surface area contributed by atoms with E-state index in [1.54, 1.807) is 0 Å². The van der Waals surface area contributed by atoms with Crippen molar-refractivity contribution in [2.24, 2.45) is 23.1 Å². The first-order valence-corrected chi connectivity index (χ1v) is 11.0. The van der Waals surface area contributed by atoms with Gasteiger partial charge in [-0.05, 0) is 38.1 Å². The van der Waals surface area contributed by atoms with Gasteiger partial charge in [0.15, 0.2) is 0 Å². The zero-order chi connectivity index (χ0) is 24.8.